The Labute approximate surface area is 118 Å². The van der Waals surface area contributed by atoms with Crippen LogP contribution >= 0.6 is 15.9 Å². The van der Waals surface area contributed by atoms with Crippen molar-refractivity contribution in [1.29, 1.82) is 0 Å². The fourth-order valence-corrected chi connectivity index (χ4v) is 3.80. The minimum Gasteiger partial charge on any atom is -0.444 e. The van der Waals surface area contributed by atoms with E-state index in [4.69, 9.17) is 4.74 Å². The molecule has 0 aromatic heterocycles. The van der Waals surface area contributed by atoms with E-state index in [2.05, 4.69) is 15.9 Å². The molecule has 104 valence electrons. The van der Waals surface area contributed by atoms with E-state index in [1.54, 1.807) is 0 Å². The van der Waals surface area contributed by atoms with Crippen molar-refractivity contribution in [3.8, 4) is 0 Å². The number of hydrogen-bond donors (Lipinski definition) is 0. The zero-order chi connectivity index (χ0) is 13.4. The lowest BCUT2D eigenvalue weighted by molar-refractivity contribution is 0.0273. The van der Waals surface area contributed by atoms with E-state index in [9.17, 15) is 4.79 Å². The predicted octanol–water partition coefficient (Wildman–Crippen LogP) is 3.81. The second-order valence-corrected chi connectivity index (χ2v) is 7.56. The van der Waals surface area contributed by atoms with Crippen LogP contribution in [0.25, 0.3) is 0 Å². The largest absolute Gasteiger partial charge is 0.444 e. The number of likely N-dealkylation sites (tertiary alicyclic amines) is 1. The highest BCUT2D eigenvalue weighted by Gasteiger charge is 2.45. The fourth-order valence-electron chi connectivity index (χ4n) is 3.25. The van der Waals surface area contributed by atoms with Crippen molar-refractivity contribution < 1.29 is 9.53 Å². The van der Waals surface area contributed by atoms with Gasteiger partial charge in [0.05, 0.1) is 0 Å². The van der Waals surface area contributed by atoms with Crippen molar-refractivity contribution in [2.45, 2.75) is 52.1 Å². The van der Waals surface area contributed by atoms with Crippen LogP contribution in [0.4, 0.5) is 4.79 Å². The Morgan fingerprint density at radius 2 is 2.17 bits per heavy atom. The number of hydrogen-bond acceptors (Lipinski definition) is 2. The van der Waals surface area contributed by atoms with Crippen LogP contribution in [0, 0.1) is 11.3 Å². The highest BCUT2D eigenvalue weighted by Crippen LogP contribution is 2.48. The zero-order valence-corrected chi connectivity index (χ0v) is 13.3. The van der Waals surface area contributed by atoms with Crippen molar-refractivity contribution in [3.63, 3.8) is 0 Å². The molecule has 1 saturated carbocycles. The van der Waals surface area contributed by atoms with Gasteiger partial charge in [-0.25, -0.2) is 4.79 Å². The van der Waals surface area contributed by atoms with Gasteiger partial charge in [0.25, 0.3) is 0 Å². The summed E-state index contributed by atoms with van der Waals surface area (Å²) in [5.41, 5.74) is -0.00372. The minimum atomic E-state index is -0.388. The molecule has 1 heterocycles. The summed E-state index contributed by atoms with van der Waals surface area (Å²) in [6.45, 7) is 7.53. The molecule has 4 heteroatoms. The fraction of sp³-hybridized carbons (Fsp3) is 0.929. The SMILES string of the molecule is CC(C)(C)OC(=O)N1CC[C@]2(CC[C@@H](CBr)C2)C1. The van der Waals surface area contributed by atoms with Gasteiger partial charge in [-0.15, -0.1) is 0 Å². The van der Waals surface area contributed by atoms with Gasteiger partial charge >= 0.3 is 6.09 Å². The number of halogens is 1. The van der Waals surface area contributed by atoms with Gasteiger partial charge in [-0.05, 0) is 57.8 Å². The molecule has 2 fully saturated rings. The van der Waals surface area contributed by atoms with Crippen LogP contribution in [0.1, 0.15) is 46.5 Å². The van der Waals surface area contributed by atoms with Crippen LogP contribution in [0.15, 0.2) is 0 Å². The molecular formula is C14H24BrNO2. The van der Waals surface area contributed by atoms with Crippen LogP contribution in [0.5, 0.6) is 0 Å². The summed E-state index contributed by atoms with van der Waals surface area (Å²) in [7, 11) is 0. The van der Waals surface area contributed by atoms with Crippen LogP contribution in [-0.2, 0) is 4.74 Å². The summed E-state index contributed by atoms with van der Waals surface area (Å²) >= 11 is 3.59. The molecule has 1 spiro atoms. The van der Waals surface area contributed by atoms with E-state index < -0.39 is 0 Å². The quantitative estimate of drug-likeness (QED) is 0.688. The van der Waals surface area contributed by atoms with Gasteiger partial charge in [-0.1, -0.05) is 15.9 Å². The second kappa shape index (κ2) is 5.03. The number of carbonyl (C=O) groups is 1. The van der Waals surface area contributed by atoms with Gasteiger partial charge in [0.2, 0.25) is 0 Å². The van der Waals surface area contributed by atoms with Gasteiger partial charge in [-0.3, -0.25) is 0 Å². The van der Waals surface area contributed by atoms with Crippen LogP contribution in [0.3, 0.4) is 0 Å². The van der Waals surface area contributed by atoms with Crippen LogP contribution in [0.2, 0.25) is 0 Å². The summed E-state index contributed by atoms with van der Waals surface area (Å²) in [4.78, 5) is 14.0. The Balaban J connectivity index is 1.91. The molecule has 2 aliphatic rings. The average molecular weight is 318 g/mol. The topological polar surface area (TPSA) is 29.5 Å². The molecule has 0 aromatic rings. The standard InChI is InChI=1S/C14H24BrNO2/c1-13(2,3)18-12(17)16-7-6-14(10-16)5-4-11(8-14)9-15/h11H,4-10H2,1-3H3/t11-,14+/m1/s1. The highest BCUT2D eigenvalue weighted by atomic mass is 79.9. The van der Waals surface area contributed by atoms with Crippen LogP contribution in [-0.4, -0.2) is 35.0 Å². The molecule has 1 aliphatic carbocycles. The van der Waals surface area contributed by atoms with Crippen molar-refractivity contribution in [3.05, 3.63) is 0 Å². The van der Waals surface area contributed by atoms with Gasteiger partial charge in [0.15, 0.2) is 0 Å². The molecule has 18 heavy (non-hydrogen) atoms. The maximum absolute atomic E-state index is 12.0. The minimum absolute atomic E-state index is 0.137. The van der Waals surface area contributed by atoms with E-state index >= 15 is 0 Å². The van der Waals surface area contributed by atoms with E-state index in [1.807, 2.05) is 25.7 Å². The van der Waals surface area contributed by atoms with Crippen molar-refractivity contribution in [2.24, 2.45) is 11.3 Å². The lowest BCUT2D eigenvalue weighted by Crippen LogP contribution is -2.36. The number of amides is 1. The lowest BCUT2D eigenvalue weighted by atomic mass is 9.85. The van der Waals surface area contributed by atoms with Gasteiger partial charge in [0.1, 0.15) is 5.60 Å². The first-order valence-corrected chi connectivity index (χ1v) is 8.00. The van der Waals surface area contributed by atoms with E-state index in [-0.39, 0.29) is 11.7 Å². The van der Waals surface area contributed by atoms with Crippen LogP contribution < -0.4 is 0 Å². The van der Waals surface area contributed by atoms with Crippen molar-refractivity contribution in [1.82, 2.24) is 4.90 Å². The lowest BCUT2D eigenvalue weighted by Gasteiger charge is -2.27. The molecule has 0 N–H and O–H groups in total. The Hall–Kier alpha value is -0.250. The summed E-state index contributed by atoms with van der Waals surface area (Å²) < 4.78 is 5.46. The Morgan fingerprint density at radius 3 is 2.72 bits per heavy atom. The molecule has 0 bridgehead atoms. The highest BCUT2D eigenvalue weighted by molar-refractivity contribution is 9.09. The number of ether oxygens (including phenoxy) is 1. The number of alkyl halides is 1. The second-order valence-electron chi connectivity index (χ2n) is 6.92. The monoisotopic (exact) mass is 317 g/mol. The normalized spacial score (nSPS) is 32.2. The van der Waals surface area contributed by atoms with Crippen molar-refractivity contribution in [2.75, 3.05) is 18.4 Å². The van der Waals surface area contributed by atoms with E-state index in [1.165, 1.54) is 19.3 Å². The predicted molar refractivity (Wildman–Crippen MR) is 76.0 cm³/mol. The van der Waals surface area contributed by atoms with E-state index in [0.29, 0.717) is 5.41 Å². The maximum Gasteiger partial charge on any atom is 0.410 e. The molecule has 0 unspecified atom stereocenters. The number of rotatable bonds is 1. The van der Waals surface area contributed by atoms with Gasteiger partial charge in [-0.2, -0.15) is 0 Å². The molecule has 0 radical (unpaired) electrons. The molecular weight excluding hydrogens is 294 g/mol. The molecule has 3 nitrogen and oxygen atoms in total. The third-order valence-corrected chi connectivity index (χ3v) is 5.03. The maximum atomic E-state index is 12.0. The molecule has 2 rings (SSSR count). The smallest absolute Gasteiger partial charge is 0.410 e. The molecule has 1 amide bonds. The third-order valence-electron chi connectivity index (χ3n) is 4.11. The summed E-state index contributed by atoms with van der Waals surface area (Å²) in [6.07, 6.45) is 4.84. The summed E-state index contributed by atoms with van der Waals surface area (Å²) in [5.74, 6) is 0.795. The van der Waals surface area contributed by atoms with E-state index in [0.717, 1.165) is 30.8 Å². The molecule has 1 saturated heterocycles. The summed E-state index contributed by atoms with van der Waals surface area (Å²) in [6, 6.07) is 0. The summed E-state index contributed by atoms with van der Waals surface area (Å²) in [5, 5.41) is 1.10. The van der Waals surface area contributed by atoms with Gasteiger partial charge < -0.3 is 9.64 Å². The van der Waals surface area contributed by atoms with Crippen molar-refractivity contribution >= 4 is 22.0 Å². The first kappa shape index (κ1) is 14.2. The molecule has 2 atom stereocenters. The Kier molecular flexibility index (Phi) is 3.96. The first-order valence-electron chi connectivity index (χ1n) is 6.87. The first-order chi connectivity index (χ1) is 8.34. The third kappa shape index (κ3) is 3.19. The number of carbonyl (C=O) groups excluding carboxylic acids is 1. The zero-order valence-electron chi connectivity index (χ0n) is 11.7. The van der Waals surface area contributed by atoms with Gasteiger partial charge in [0, 0.05) is 18.4 Å². The molecule has 0 aromatic carbocycles. The number of nitrogens with zero attached hydrogens (tertiary/aromatic N) is 1. The average Bonchev–Trinajstić information content (AvgIpc) is 2.84. The Morgan fingerprint density at radius 1 is 1.44 bits per heavy atom. The Bertz CT molecular complexity index is 326. The molecule has 1 aliphatic heterocycles.